The molecule has 0 bridgehead atoms. The SMILES string of the molecule is CC(=O)c1ccc[n+](CC(=O)Nc2ccc3ccccc3c2)c1. The molecule has 4 heteroatoms. The molecule has 0 saturated heterocycles. The third kappa shape index (κ3) is 3.61. The largest absolute Gasteiger partial charge is 0.321 e. The Hall–Kier alpha value is -3.01. The van der Waals surface area contributed by atoms with Crippen molar-refractivity contribution in [2.24, 2.45) is 0 Å². The van der Waals surface area contributed by atoms with Gasteiger partial charge in [0, 0.05) is 11.8 Å². The van der Waals surface area contributed by atoms with Gasteiger partial charge < -0.3 is 5.32 Å². The third-order valence-corrected chi connectivity index (χ3v) is 3.62. The normalized spacial score (nSPS) is 10.5. The summed E-state index contributed by atoms with van der Waals surface area (Å²) >= 11 is 0. The van der Waals surface area contributed by atoms with E-state index in [9.17, 15) is 9.59 Å². The number of benzene rings is 2. The predicted molar refractivity (Wildman–Crippen MR) is 89.2 cm³/mol. The van der Waals surface area contributed by atoms with Crippen molar-refractivity contribution >= 4 is 28.2 Å². The molecule has 114 valence electrons. The molecule has 1 N–H and O–H groups in total. The first-order valence-corrected chi connectivity index (χ1v) is 7.40. The Kier molecular flexibility index (Phi) is 4.15. The van der Waals surface area contributed by atoms with Crippen LogP contribution in [0.5, 0.6) is 0 Å². The maximum atomic E-state index is 12.2. The van der Waals surface area contributed by atoms with Crippen molar-refractivity contribution in [1.29, 1.82) is 0 Å². The Balaban J connectivity index is 1.73. The second-order valence-corrected chi connectivity index (χ2v) is 5.43. The molecule has 0 aliphatic carbocycles. The van der Waals surface area contributed by atoms with Crippen molar-refractivity contribution in [3.05, 3.63) is 72.6 Å². The first-order chi connectivity index (χ1) is 11.1. The maximum absolute atomic E-state index is 12.2. The van der Waals surface area contributed by atoms with Gasteiger partial charge in [-0.05, 0) is 35.9 Å². The van der Waals surface area contributed by atoms with Gasteiger partial charge in [-0.2, -0.15) is 4.57 Å². The van der Waals surface area contributed by atoms with Crippen LogP contribution in [0.2, 0.25) is 0 Å². The van der Waals surface area contributed by atoms with E-state index in [0.717, 1.165) is 16.5 Å². The lowest BCUT2D eigenvalue weighted by Crippen LogP contribution is -2.40. The lowest BCUT2D eigenvalue weighted by Gasteiger charge is -2.05. The molecule has 0 aliphatic heterocycles. The minimum atomic E-state index is -0.133. The number of anilines is 1. The zero-order valence-electron chi connectivity index (χ0n) is 12.8. The van der Waals surface area contributed by atoms with Crippen molar-refractivity contribution in [1.82, 2.24) is 0 Å². The van der Waals surface area contributed by atoms with Crippen molar-refractivity contribution < 1.29 is 14.2 Å². The fourth-order valence-corrected chi connectivity index (χ4v) is 2.46. The molecule has 4 nitrogen and oxygen atoms in total. The van der Waals surface area contributed by atoms with E-state index in [2.05, 4.69) is 5.32 Å². The number of rotatable bonds is 4. The van der Waals surface area contributed by atoms with Crippen LogP contribution in [-0.4, -0.2) is 11.7 Å². The molecule has 1 amide bonds. The zero-order valence-corrected chi connectivity index (χ0v) is 12.8. The van der Waals surface area contributed by atoms with Crippen LogP contribution < -0.4 is 9.88 Å². The Morgan fingerprint density at radius 2 is 1.78 bits per heavy atom. The maximum Gasteiger partial charge on any atom is 0.290 e. The van der Waals surface area contributed by atoms with Crippen molar-refractivity contribution in [3.63, 3.8) is 0 Å². The summed E-state index contributed by atoms with van der Waals surface area (Å²) in [6, 6.07) is 17.3. The number of nitrogens with zero attached hydrogens (tertiary/aromatic N) is 1. The summed E-state index contributed by atoms with van der Waals surface area (Å²) in [7, 11) is 0. The summed E-state index contributed by atoms with van der Waals surface area (Å²) in [5.74, 6) is -0.153. The van der Waals surface area contributed by atoms with E-state index in [0.29, 0.717) is 5.56 Å². The number of fused-ring (bicyclic) bond motifs is 1. The van der Waals surface area contributed by atoms with E-state index in [1.165, 1.54) is 6.92 Å². The van der Waals surface area contributed by atoms with Gasteiger partial charge in [0.2, 0.25) is 6.54 Å². The quantitative estimate of drug-likeness (QED) is 0.595. The lowest BCUT2D eigenvalue weighted by atomic mass is 10.1. The number of amides is 1. The highest BCUT2D eigenvalue weighted by atomic mass is 16.2. The monoisotopic (exact) mass is 305 g/mol. The first-order valence-electron chi connectivity index (χ1n) is 7.40. The molecule has 0 saturated carbocycles. The van der Waals surface area contributed by atoms with Crippen LogP contribution in [0.3, 0.4) is 0 Å². The number of Topliss-reactive ketones (excluding diaryl/α,β-unsaturated/α-hetero) is 1. The van der Waals surface area contributed by atoms with Gasteiger partial charge >= 0.3 is 0 Å². The average molecular weight is 305 g/mol. The fourth-order valence-electron chi connectivity index (χ4n) is 2.46. The minimum Gasteiger partial charge on any atom is -0.321 e. The van der Waals surface area contributed by atoms with Gasteiger partial charge in [0.1, 0.15) is 0 Å². The second-order valence-electron chi connectivity index (χ2n) is 5.43. The van der Waals surface area contributed by atoms with E-state index < -0.39 is 0 Å². The van der Waals surface area contributed by atoms with Crippen LogP contribution in [-0.2, 0) is 11.3 Å². The minimum absolute atomic E-state index is 0.0192. The van der Waals surface area contributed by atoms with E-state index in [1.54, 1.807) is 29.1 Å². The molecule has 0 aliphatic rings. The first kappa shape index (κ1) is 14.9. The highest BCUT2D eigenvalue weighted by Crippen LogP contribution is 2.18. The molecule has 23 heavy (non-hydrogen) atoms. The molecule has 1 aromatic heterocycles. The van der Waals surface area contributed by atoms with Crippen LogP contribution >= 0.6 is 0 Å². The van der Waals surface area contributed by atoms with Gasteiger partial charge in [0.15, 0.2) is 18.2 Å². The van der Waals surface area contributed by atoms with Crippen LogP contribution in [0.4, 0.5) is 5.69 Å². The molecule has 3 rings (SSSR count). The van der Waals surface area contributed by atoms with Crippen LogP contribution in [0, 0.1) is 0 Å². The number of nitrogens with one attached hydrogen (secondary N) is 1. The second kappa shape index (κ2) is 6.40. The van der Waals surface area contributed by atoms with Crippen LogP contribution in [0.15, 0.2) is 67.0 Å². The number of hydrogen-bond donors (Lipinski definition) is 1. The summed E-state index contributed by atoms with van der Waals surface area (Å²) < 4.78 is 1.70. The summed E-state index contributed by atoms with van der Waals surface area (Å²) in [6.45, 7) is 1.67. The van der Waals surface area contributed by atoms with Crippen molar-refractivity contribution in [3.8, 4) is 0 Å². The standard InChI is InChI=1S/C19H16N2O2/c1-14(22)17-7-4-10-21(12-17)13-19(23)20-18-9-8-15-5-2-3-6-16(15)11-18/h2-12H,13H2,1H3/p+1. The summed E-state index contributed by atoms with van der Waals surface area (Å²) in [6.07, 6.45) is 3.45. The number of carbonyl (C=O) groups excluding carboxylic acids is 2. The van der Waals surface area contributed by atoms with Gasteiger partial charge in [0.25, 0.3) is 5.91 Å². The molecule has 0 atom stereocenters. The summed E-state index contributed by atoms with van der Waals surface area (Å²) in [4.78, 5) is 23.6. The lowest BCUT2D eigenvalue weighted by molar-refractivity contribution is -0.684. The number of hydrogen-bond acceptors (Lipinski definition) is 2. The van der Waals surface area contributed by atoms with Crippen LogP contribution in [0.1, 0.15) is 17.3 Å². The van der Waals surface area contributed by atoms with Crippen LogP contribution in [0.25, 0.3) is 10.8 Å². The summed E-state index contributed by atoms with van der Waals surface area (Å²) in [5.41, 5.74) is 1.35. The Labute approximate surface area is 134 Å². The third-order valence-electron chi connectivity index (χ3n) is 3.62. The number of ketones is 1. The van der Waals surface area contributed by atoms with Gasteiger partial charge in [-0.25, -0.2) is 0 Å². The van der Waals surface area contributed by atoms with Gasteiger partial charge in [0.05, 0.1) is 5.56 Å². The average Bonchev–Trinajstić information content (AvgIpc) is 2.55. The predicted octanol–water partition coefficient (Wildman–Crippen LogP) is 2.97. The molecule has 0 unspecified atom stereocenters. The van der Waals surface area contributed by atoms with Crippen molar-refractivity contribution in [2.45, 2.75) is 13.5 Å². The Morgan fingerprint density at radius 3 is 2.57 bits per heavy atom. The fraction of sp³-hybridized carbons (Fsp3) is 0.105. The molecule has 3 aromatic rings. The van der Waals surface area contributed by atoms with E-state index in [-0.39, 0.29) is 18.2 Å². The number of aromatic nitrogens is 1. The molecular weight excluding hydrogens is 288 g/mol. The molecule has 1 heterocycles. The Morgan fingerprint density at radius 1 is 1.00 bits per heavy atom. The summed E-state index contributed by atoms with van der Waals surface area (Å²) in [5, 5.41) is 5.10. The highest BCUT2D eigenvalue weighted by molar-refractivity contribution is 5.94. The number of carbonyl (C=O) groups is 2. The van der Waals surface area contributed by atoms with E-state index in [4.69, 9.17) is 0 Å². The van der Waals surface area contributed by atoms with Gasteiger partial charge in [-0.3, -0.25) is 9.59 Å². The number of pyridine rings is 1. The molecular formula is C19H17N2O2+. The Bertz CT molecular complexity index is 887. The van der Waals surface area contributed by atoms with E-state index >= 15 is 0 Å². The van der Waals surface area contributed by atoms with Crippen molar-refractivity contribution in [2.75, 3.05) is 5.32 Å². The molecule has 2 aromatic carbocycles. The zero-order chi connectivity index (χ0) is 16.2. The van der Waals surface area contributed by atoms with Gasteiger partial charge in [-0.15, -0.1) is 0 Å². The van der Waals surface area contributed by atoms with Gasteiger partial charge in [-0.1, -0.05) is 30.3 Å². The van der Waals surface area contributed by atoms with E-state index in [1.807, 2.05) is 42.5 Å². The smallest absolute Gasteiger partial charge is 0.290 e. The molecule has 0 spiro atoms. The highest BCUT2D eigenvalue weighted by Gasteiger charge is 2.12. The molecule has 0 fully saturated rings. The molecule has 0 radical (unpaired) electrons. The topological polar surface area (TPSA) is 50.0 Å².